The Morgan fingerprint density at radius 3 is 1.78 bits per heavy atom. The van der Waals surface area contributed by atoms with Crippen molar-refractivity contribution in [2.24, 2.45) is 11.7 Å². The van der Waals surface area contributed by atoms with Crippen LogP contribution in [0, 0.1) is 5.92 Å². The summed E-state index contributed by atoms with van der Waals surface area (Å²) >= 11 is 0. The smallest absolute Gasteiger partial charge is 0.00195 e. The van der Waals surface area contributed by atoms with E-state index in [9.17, 15) is 0 Å². The van der Waals surface area contributed by atoms with Crippen LogP contribution in [0.15, 0.2) is 12.7 Å². The van der Waals surface area contributed by atoms with Crippen LogP contribution in [0.25, 0.3) is 0 Å². The molecule has 2 nitrogen and oxygen atoms in total. The minimum absolute atomic E-state index is 0.726. The van der Waals surface area contributed by atoms with Gasteiger partial charge in [0.25, 0.3) is 0 Å². The van der Waals surface area contributed by atoms with Crippen LogP contribution in [-0.2, 0) is 0 Å². The van der Waals surface area contributed by atoms with Gasteiger partial charge < -0.3 is 10.6 Å². The Bertz CT molecular complexity index is 112. The summed E-state index contributed by atoms with van der Waals surface area (Å²) in [5.74, 6) is 0.846. The lowest BCUT2D eigenvalue weighted by Crippen LogP contribution is -2.19. The minimum Gasteiger partial charge on any atom is -0.330 e. The Morgan fingerprint density at radius 2 is 1.61 bits per heavy atom. The number of nitrogens with zero attached hydrogens (tertiary/aromatic N) is 1. The molecule has 0 aliphatic carbocycles. The van der Waals surface area contributed by atoms with Crippen LogP contribution >= 0.6 is 0 Å². The third kappa shape index (κ3) is 44.9. The summed E-state index contributed by atoms with van der Waals surface area (Å²) in [6, 6.07) is 0. The molecule has 0 saturated carbocycles. The second-order valence-electron chi connectivity index (χ2n) is 3.94. The monoisotopic (exact) mass is 260 g/mol. The summed E-state index contributed by atoms with van der Waals surface area (Å²) < 4.78 is 0. The molecule has 0 fully saturated rings. The van der Waals surface area contributed by atoms with Crippen LogP contribution in [0.5, 0.6) is 0 Å². The first-order valence-corrected chi connectivity index (χ1v) is 7.57. The Morgan fingerprint density at radius 1 is 1.17 bits per heavy atom. The van der Waals surface area contributed by atoms with E-state index in [1.54, 1.807) is 6.08 Å². The van der Waals surface area contributed by atoms with E-state index in [2.05, 4.69) is 39.3 Å². The van der Waals surface area contributed by atoms with Crippen molar-refractivity contribution in [3.05, 3.63) is 12.7 Å². The van der Waals surface area contributed by atoms with Crippen molar-refractivity contribution in [2.75, 3.05) is 26.7 Å². The van der Waals surface area contributed by atoms with Crippen molar-refractivity contribution >= 4 is 0 Å². The summed E-state index contributed by atoms with van der Waals surface area (Å²) in [4.78, 5) is 2.35. The highest BCUT2D eigenvalue weighted by Gasteiger charge is 1.96. The maximum absolute atomic E-state index is 5.07. The number of hydrogen-bond acceptors (Lipinski definition) is 2. The predicted octanol–water partition coefficient (Wildman–Crippen LogP) is 4.56. The van der Waals surface area contributed by atoms with Gasteiger partial charge in [-0.1, -0.05) is 54.5 Å². The van der Waals surface area contributed by atoms with E-state index in [0.717, 1.165) is 18.9 Å². The third-order valence-corrected chi connectivity index (χ3v) is 2.00. The van der Waals surface area contributed by atoms with Crippen LogP contribution < -0.4 is 5.73 Å². The zero-order valence-corrected chi connectivity index (χ0v) is 14.4. The van der Waals surface area contributed by atoms with E-state index in [4.69, 9.17) is 5.73 Å². The molecular weight excluding hydrogens is 220 g/mol. The molecule has 0 unspecified atom stereocenters. The molecule has 0 amide bonds. The lowest BCUT2D eigenvalue weighted by atomic mass is 10.1. The molecule has 0 rings (SSSR count). The van der Waals surface area contributed by atoms with Crippen molar-refractivity contribution in [3.63, 3.8) is 0 Å². The topological polar surface area (TPSA) is 29.3 Å². The zero-order chi connectivity index (χ0) is 15.4. The number of nitrogens with two attached hydrogens (primary N) is 1. The summed E-state index contributed by atoms with van der Waals surface area (Å²) in [5.41, 5.74) is 5.07. The molecule has 0 bridgehead atoms. The van der Waals surface area contributed by atoms with Gasteiger partial charge in [-0.15, -0.1) is 6.58 Å². The molecule has 0 saturated heterocycles. The predicted molar refractivity (Wildman–Crippen MR) is 89.2 cm³/mol. The van der Waals surface area contributed by atoms with Crippen molar-refractivity contribution in [1.82, 2.24) is 4.90 Å². The van der Waals surface area contributed by atoms with Crippen LogP contribution in [0.4, 0.5) is 0 Å². The van der Waals surface area contributed by atoms with Crippen molar-refractivity contribution in [1.29, 1.82) is 0 Å². The normalized spacial score (nSPS) is 8.39. The first-order valence-electron chi connectivity index (χ1n) is 7.57. The van der Waals surface area contributed by atoms with Gasteiger partial charge in [0.2, 0.25) is 0 Å². The summed E-state index contributed by atoms with van der Waals surface area (Å²) in [6.45, 7) is 21.3. The highest BCUT2D eigenvalue weighted by Crippen LogP contribution is 1.99. The van der Waals surface area contributed by atoms with E-state index in [0.29, 0.717) is 0 Å². The quantitative estimate of drug-likeness (QED) is 0.710. The van der Waals surface area contributed by atoms with E-state index >= 15 is 0 Å². The fraction of sp³-hybridized carbons (Fsp3) is 0.875. The minimum atomic E-state index is 0.726. The molecule has 114 valence electrons. The molecule has 0 aromatic rings. The van der Waals surface area contributed by atoms with Crippen molar-refractivity contribution in [2.45, 2.75) is 61.3 Å². The summed E-state index contributed by atoms with van der Waals surface area (Å²) in [7, 11) is 2.17. The molecule has 0 aromatic heterocycles. The third-order valence-electron chi connectivity index (χ3n) is 2.00. The average Bonchev–Trinajstić information content (AvgIpc) is 2.42. The van der Waals surface area contributed by atoms with E-state index < -0.39 is 0 Å². The molecule has 0 aromatic carbocycles. The van der Waals surface area contributed by atoms with E-state index in [1.807, 2.05) is 27.7 Å². The fourth-order valence-electron chi connectivity index (χ4n) is 0.755. The molecule has 0 heterocycles. The van der Waals surface area contributed by atoms with Gasteiger partial charge in [-0.05, 0) is 45.4 Å². The first-order chi connectivity index (χ1) is 8.58. The van der Waals surface area contributed by atoms with Gasteiger partial charge in [0.05, 0.1) is 0 Å². The van der Waals surface area contributed by atoms with Crippen molar-refractivity contribution < 1.29 is 0 Å². The van der Waals surface area contributed by atoms with Crippen LogP contribution in [0.2, 0.25) is 0 Å². The van der Waals surface area contributed by atoms with Gasteiger partial charge in [-0.3, -0.25) is 0 Å². The molecule has 0 spiro atoms. The maximum atomic E-state index is 5.07. The zero-order valence-electron chi connectivity index (χ0n) is 14.4. The second kappa shape index (κ2) is 30.1. The van der Waals surface area contributed by atoms with Gasteiger partial charge in [0.1, 0.15) is 0 Å². The Kier molecular flexibility index (Phi) is 43.9. The van der Waals surface area contributed by atoms with Gasteiger partial charge in [-0.25, -0.2) is 0 Å². The Hall–Kier alpha value is -0.340. The maximum Gasteiger partial charge on any atom is -0.00195 e. The molecule has 2 N–H and O–H groups in total. The molecule has 18 heavy (non-hydrogen) atoms. The first kappa shape index (κ1) is 26.3. The molecule has 0 atom stereocenters. The van der Waals surface area contributed by atoms with Gasteiger partial charge in [0, 0.05) is 0 Å². The Labute approximate surface area is 118 Å². The second-order valence-corrected chi connectivity index (χ2v) is 3.94. The molecule has 0 aliphatic rings. The number of hydrogen-bond donors (Lipinski definition) is 1. The van der Waals surface area contributed by atoms with Gasteiger partial charge >= 0.3 is 0 Å². The van der Waals surface area contributed by atoms with E-state index in [-0.39, 0.29) is 0 Å². The highest BCUT2D eigenvalue weighted by atomic mass is 15.1. The highest BCUT2D eigenvalue weighted by molar-refractivity contribution is 4.64. The van der Waals surface area contributed by atoms with Crippen LogP contribution in [0.1, 0.15) is 61.3 Å². The molecular formula is C16H40N2. The lowest BCUT2D eigenvalue weighted by molar-refractivity contribution is 0.326. The summed E-state index contributed by atoms with van der Waals surface area (Å²) in [6.07, 6.45) is 4.06. The van der Waals surface area contributed by atoms with Crippen LogP contribution in [-0.4, -0.2) is 31.6 Å². The number of rotatable bonds is 6. The van der Waals surface area contributed by atoms with Gasteiger partial charge in [0.15, 0.2) is 0 Å². The Balaban J connectivity index is -0.0000000925. The van der Waals surface area contributed by atoms with E-state index in [1.165, 1.54) is 19.5 Å². The molecule has 2 heteroatoms. The average molecular weight is 261 g/mol. The summed E-state index contributed by atoms with van der Waals surface area (Å²) in [5, 5.41) is 0. The SMILES string of the molecule is C=CCCN.CC.CC.CCN(C)CCC(C)C. The largest absolute Gasteiger partial charge is 0.330 e. The lowest BCUT2D eigenvalue weighted by Gasteiger charge is -2.14. The standard InChI is InChI=1S/C8H19N.C4H9N.2C2H6/c1-5-9(4)7-6-8(2)3;1-2-3-4-5;2*1-2/h8H,5-7H2,1-4H3;2H,1,3-5H2;2*1-2H3. The fourth-order valence-corrected chi connectivity index (χ4v) is 0.755. The molecule has 0 aliphatic heterocycles. The van der Waals surface area contributed by atoms with Crippen molar-refractivity contribution in [3.8, 4) is 0 Å². The molecule has 0 radical (unpaired) electrons. The van der Waals surface area contributed by atoms with Gasteiger partial charge in [-0.2, -0.15) is 0 Å². The van der Waals surface area contributed by atoms with Crippen LogP contribution in [0.3, 0.4) is 0 Å².